The van der Waals surface area contributed by atoms with Crippen LogP contribution in [0.2, 0.25) is 0 Å². The van der Waals surface area contributed by atoms with Crippen LogP contribution in [0.4, 0.5) is 15.8 Å². The van der Waals surface area contributed by atoms with Crippen LogP contribution in [0.5, 0.6) is 0 Å². The van der Waals surface area contributed by atoms with Crippen LogP contribution < -0.4 is 5.32 Å². The minimum absolute atomic E-state index is 0.147. The van der Waals surface area contributed by atoms with Crippen molar-refractivity contribution in [3.63, 3.8) is 0 Å². The van der Waals surface area contributed by atoms with E-state index in [2.05, 4.69) is 20.3 Å². The predicted molar refractivity (Wildman–Crippen MR) is 135 cm³/mol. The van der Waals surface area contributed by atoms with Crippen molar-refractivity contribution >= 4 is 49.7 Å². The third-order valence-corrected chi connectivity index (χ3v) is 6.84. The summed E-state index contributed by atoms with van der Waals surface area (Å²) in [6.07, 6.45) is 3.19. The first-order valence-corrected chi connectivity index (χ1v) is 12.1. The molecule has 0 aliphatic carbocycles. The number of nitrogens with one attached hydrogen (secondary N) is 1. The van der Waals surface area contributed by atoms with Crippen LogP contribution in [-0.2, 0) is 4.74 Å². The summed E-state index contributed by atoms with van der Waals surface area (Å²) in [5.41, 5.74) is 6.27. The van der Waals surface area contributed by atoms with Gasteiger partial charge in [0.15, 0.2) is 0 Å². The van der Waals surface area contributed by atoms with Gasteiger partial charge in [-0.1, -0.05) is 6.07 Å². The number of hydrogen-bond acceptors (Lipinski definition) is 7. The first-order valence-electron chi connectivity index (χ1n) is 11.2. The summed E-state index contributed by atoms with van der Waals surface area (Å²) < 4.78 is 21.5. The van der Waals surface area contributed by atoms with Crippen molar-refractivity contribution in [1.82, 2.24) is 19.9 Å². The molecule has 0 bridgehead atoms. The maximum Gasteiger partial charge on any atom is 0.272 e. The van der Waals surface area contributed by atoms with E-state index in [1.807, 2.05) is 29.8 Å². The fourth-order valence-corrected chi connectivity index (χ4v) is 4.86. The van der Waals surface area contributed by atoms with Gasteiger partial charge in [0.05, 0.1) is 34.5 Å². The number of thiazole rings is 1. The molecule has 1 fully saturated rings. The van der Waals surface area contributed by atoms with Crippen molar-refractivity contribution in [2.45, 2.75) is 0 Å². The number of ether oxygens (including phenoxy) is 1. The number of pyridine rings is 2. The Hall–Kier alpha value is -3.95. The summed E-state index contributed by atoms with van der Waals surface area (Å²) in [6.45, 7) is 2.13. The molecule has 1 aliphatic heterocycles. The normalized spacial score (nSPS) is 13.9. The number of benzene rings is 2. The third kappa shape index (κ3) is 4.20. The molecule has 2 aromatic carbocycles. The van der Waals surface area contributed by atoms with Crippen molar-refractivity contribution in [2.24, 2.45) is 0 Å². The highest BCUT2D eigenvalue weighted by atomic mass is 32.1. The summed E-state index contributed by atoms with van der Waals surface area (Å²) in [6, 6.07) is 14.4. The Labute approximate surface area is 204 Å². The fraction of sp³-hybridized carbons (Fsp3) is 0.154. The standard InChI is InChI=1S/C26H20FN5O2S/c27-20-13-23-19(21(5-6-28-23)31-17-2-4-25-24(11-17)30-15-35-25)12-18(20)16-1-3-22(29-14-16)26(33)32-7-9-34-10-8-32/h1-6,11-15H,7-10H2,(H,28,31). The molecule has 0 saturated carbocycles. The first kappa shape index (κ1) is 21.6. The van der Waals surface area contributed by atoms with Gasteiger partial charge in [-0.25, -0.2) is 9.37 Å². The Morgan fingerprint density at radius 1 is 1.00 bits per heavy atom. The van der Waals surface area contributed by atoms with Crippen LogP contribution in [-0.4, -0.2) is 52.1 Å². The van der Waals surface area contributed by atoms with Crippen LogP contribution in [0.15, 0.2) is 66.4 Å². The number of morpholine rings is 1. The summed E-state index contributed by atoms with van der Waals surface area (Å²) in [7, 11) is 0. The summed E-state index contributed by atoms with van der Waals surface area (Å²) in [5, 5.41) is 4.19. The molecular weight excluding hydrogens is 465 g/mol. The molecule has 9 heteroatoms. The number of nitrogens with zero attached hydrogens (tertiary/aromatic N) is 4. The largest absolute Gasteiger partial charge is 0.378 e. The molecule has 0 radical (unpaired) electrons. The highest BCUT2D eigenvalue weighted by Gasteiger charge is 2.20. The molecule has 1 amide bonds. The Morgan fingerprint density at radius 2 is 1.89 bits per heavy atom. The van der Waals surface area contributed by atoms with Gasteiger partial charge in [-0.2, -0.15) is 0 Å². The molecule has 4 heterocycles. The zero-order chi connectivity index (χ0) is 23.8. The van der Waals surface area contributed by atoms with Gasteiger partial charge < -0.3 is 15.0 Å². The molecule has 174 valence electrons. The highest BCUT2D eigenvalue weighted by Crippen LogP contribution is 2.32. The number of carbonyl (C=O) groups is 1. The predicted octanol–water partition coefficient (Wildman–Crippen LogP) is 5.26. The zero-order valence-electron chi connectivity index (χ0n) is 18.6. The van der Waals surface area contributed by atoms with Crippen molar-refractivity contribution in [3.05, 3.63) is 77.9 Å². The average Bonchev–Trinajstić information content (AvgIpc) is 3.37. The van der Waals surface area contributed by atoms with Crippen molar-refractivity contribution in [1.29, 1.82) is 0 Å². The number of carbonyl (C=O) groups excluding carboxylic acids is 1. The number of aromatic nitrogens is 3. The molecule has 1 N–H and O–H groups in total. The lowest BCUT2D eigenvalue weighted by atomic mass is 10.0. The summed E-state index contributed by atoms with van der Waals surface area (Å²) in [5.74, 6) is -0.549. The van der Waals surface area contributed by atoms with Crippen LogP contribution in [0.3, 0.4) is 0 Å². The van der Waals surface area contributed by atoms with E-state index < -0.39 is 5.82 Å². The molecule has 0 spiro atoms. The lowest BCUT2D eigenvalue weighted by Crippen LogP contribution is -2.41. The van der Waals surface area contributed by atoms with Gasteiger partial charge in [-0.15, -0.1) is 11.3 Å². The van der Waals surface area contributed by atoms with Gasteiger partial charge in [0.2, 0.25) is 0 Å². The van der Waals surface area contributed by atoms with Gasteiger partial charge in [0, 0.05) is 59.4 Å². The smallest absolute Gasteiger partial charge is 0.272 e. The van der Waals surface area contributed by atoms with Crippen molar-refractivity contribution in [3.8, 4) is 11.1 Å². The van der Waals surface area contributed by atoms with Gasteiger partial charge in [0.1, 0.15) is 11.5 Å². The monoisotopic (exact) mass is 485 g/mol. The SMILES string of the molecule is O=C(c1ccc(-c2cc3c(Nc4ccc5scnc5c4)ccnc3cc2F)cn1)N1CCOCC1. The maximum atomic E-state index is 15.1. The fourth-order valence-electron chi connectivity index (χ4n) is 4.20. The van der Waals surface area contributed by atoms with Crippen molar-refractivity contribution in [2.75, 3.05) is 31.6 Å². The van der Waals surface area contributed by atoms with E-state index in [4.69, 9.17) is 4.74 Å². The zero-order valence-corrected chi connectivity index (χ0v) is 19.4. The lowest BCUT2D eigenvalue weighted by molar-refractivity contribution is 0.0299. The maximum absolute atomic E-state index is 15.1. The van der Waals surface area contributed by atoms with Crippen LogP contribution in [0.1, 0.15) is 10.5 Å². The number of amides is 1. The Morgan fingerprint density at radius 3 is 2.71 bits per heavy atom. The Bertz CT molecular complexity index is 1550. The molecular formula is C26H20FN5O2S. The molecule has 0 atom stereocenters. The van der Waals surface area contributed by atoms with E-state index >= 15 is 4.39 Å². The molecule has 5 aromatic rings. The number of rotatable bonds is 4. The molecule has 1 aliphatic rings. The topological polar surface area (TPSA) is 80.2 Å². The van der Waals surface area contributed by atoms with E-state index in [0.29, 0.717) is 48.6 Å². The number of hydrogen-bond donors (Lipinski definition) is 1. The van der Waals surface area contributed by atoms with Crippen LogP contribution in [0.25, 0.3) is 32.2 Å². The van der Waals surface area contributed by atoms with E-state index in [0.717, 1.165) is 27.0 Å². The number of fused-ring (bicyclic) bond motifs is 2. The molecule has 1 saturated heterocycles. The molecule has 3 aromatic heterocycles. The minimum atomic E-state index is -0.403. The van der Waals surface area contributed by atoms with E-state index in [1.54, 1.807) is 40.6 Å². The van der Waals surface area contributed by atoms with E-state index in [-0.39, 0.29) is 5.91 Å². The van der Waals surface area contributed by atoms with Crippen LogP contribution >= 0.6 is 11.3 Å². The number of anilines is 2. The van der Waals surface area contributed by atoms with E-state index in [1.165, 1.54) is 12.3 Å². The van der Waals surface area contributed by atoms with Crippen LogP contribution in [0, 0.1) is 5.82 Å². The molecule has 35 heavy (non-hydrogen) atoms. The second-order valence-corrected chi connectivity index (χ2v) is 9.09. The first-order chi connectivity index (χ1) is 17.2. The third-order valence-electron chi connectivity index (χ3n) is 6.03. The second kappa shape index (κ2) is 9.01. The summed E-state index contributed by atoms with van der Waals surface area (Å²) in [4.78, 5) is 27.4. The Balaban J connectivity index is 1.33. The van der Waals surface area contributed by atoms with Gasteiger partial charge >= 0.3 is 0 Å². The van der Waals surface area contributed by atoms with Gasteiger partial charge in [0.25, 0.3) is 5.91 Å². The molecule has 7 nitrogen and oxygen atoms in total. The molecule has 0 unspecified atom stereocenters. The Kier molecular flexibility index (Phi) is 5.55. The van der Waals surface area contributed by atoms with Crippen molar-refractivity contribution < 1.29 is 13.9 Å². The summed E-state index contributed by atoms with van der Waals surface area (Å²) >= 11 is 1.59. The molecule has 6 rings (SSSR count). The average molecular weight is 486 g/mol. The van der Waals surface area contributed by atoms with Gasteiger partial charge in [-0.05, 0) is 36.4 Å². The highest BCUT2D eigenvalue weighted by molar-refractivity contribution is 7.16. The second-order valence-electron chi connectivity index (χ2n) is 8.20. The quantitative estimate of drug-likeness (QED) is 0.374. The van der Waals surface area contributed by atoms with E-state index in [9.17, 15) is 4.79 Å². The minimum Gasteiger partial charge on any atom is -0.378 e. The van der Waals surface area contributed by atoms with Gasteiger partial charge in [-0.3, -0.25) is 14.8 Å². The number of halogens is 1. The lowest BCUT2D eigenvalue weighted by Gasteiger charge is -2.26.